The highest BCUT2D eigenvalue weighted by atomic mass is 35.5. The second-order valence-corrected chi connectivity index (χ2v) is 3.77. The van der Waals surface area contributed by atoms with Gasteiger partial charge >= 0.3 is 0 Å². The van der Waals surface area contributed by atoms with Gasteiger partial charge in [-0.25, -0.2) is 15.0 Å². The lowest BCUT2D eigenvalue weighted by atomic mass is 10.4. The first-order valence-corrected chi connectivity index (χ1v) is 4.98. The summed E-state index contributed by atoms with van der Waals surface area (Å²) in [5.74, 6) is 1.41. The summed E-state index contributed by atoms with van der Waals surface area (Å²) in [6, 6.07) is 1.72. The van der Waals surface area contributed by atoms with Crippen LogP contribution < -0.4 is 0 Å². The van der Waals surface area contributed by atoms with Crippen molar-refractivity contribution in [2.75, 3.05) is 0 Å². The van der Waals surface area contributed by atoms with Gasteiger partial charge in [0.15, 0.2) is 0 Å². The Morgan fingerprint density at radius 3 is 2.47 bits per heavy atom. The number of rotatable bonds is 1. The maximum atomic E-state index is 5.87. The zero-order chi connectivity index (χ0) is 11.0. The van der Waals surface area contributed by atoms with Gasteiger partial charge in [-0.3, -0.25) is 4.57 Å². The third-order valence-corrected chi connectivity index (χ3v) is 2.49. The fourth-order valence-corrected chi connectivity index (χ4v) is 1.59. The molecule has 0 radical (unpaired) electrons. The van der Waals surface area contributed by atoms with E-state index in [4.69, 9.17) is 11.6 Å². The van der Waals surface area contributed by atoms with Crippen LogP contribution in [0, 0.1) is 20.8 Å². The maximum Gasteiger partial charge on any atom is 0.143 e. The van der Waals surface area contributed by atoms with Crippen molar-refractivity contribution < 1.29 is 0 Å². The predicted molar refractivity (Wildman–Crippen MR) is 58.4 cm³/mol. The van der Waals surface area contributed by atoms with Gasteiger partial charge in [0, 0.05) is 11.8 Å². The Hall–Kier alpha value is -1.42. The van der Waals surface area contributed by atoms with Gasteiger partial charge in [0.25, 0.3) is 0 Å². The molecule has 2 rings (SSSR count). The summed E-state index contributed by atoms with van der Waals surface area (Å²) < 4.78 is 1.90. The smallest absolute Gasteiger partial charge is 0.143 e. The van der Waals surface area contributed by atoms with Crippen molar-refractivity contribution in [2.24, 2.45) is 0 Å². The zero-order valence-corrected chi connectivity index (χ0v) is 9.58. The van der Waals surface area contributed by atoms with E-state index < -0.39 is 0 Å². The highest BCUT2D eigenvalue weighted by molar-refractivity contribution is 6.29. The highest BCUT2D eigenvalue weighted by Gasteiger charge is 2.07. The summed E-state index contributed by atoms with van der Waals surface area (Å²) in [5, 5.41) is 0.447. The molecule has 2 heterocycles. The molecule has 5 heteroatoms. The SMILES string of the molecule is Cc1nc(Cl)cc(-n2cnc(C)c2C)n1. The van der Waals surface area contributed by atoms with Crippen molar-refractivity contribution in [2.45, 2.75) is 20.8 Å². The Morgan fingerprint density at radius 1 is 1.20 bits per heavy atom. The molecule has 0 saturated carbocycles. The van der Waals surface area contributed by atoms with E-state index in [-0.39, 0.29) is 0 Å². The van der Waals surface area contributed by atoms with E-state index in [0.29, 0.717) is 11.0 Å². The summed E-state index contributed by atoms with van der Waals surface area (Å²) in [7, 11) is 0. The van der Waals surface area contributed by atoms with Crippen LogP contribution in [-0.4, -0.2) is 19.5 Å². The van der Waals surface area contributed by atoms with Crippen molar-refractivity contribution in [3.05, 3.63) is 34.8 Å². The van der Waals surface area contributed by atoms with Crippen molar-refractivity contribution in [3.8, 4) is 5.82 Å². The van der Waals surface area contributed by atoms with Crippen LogP contribution in [0.15, 0.2) is 12.4 Å². The number of imidazole rings is 1. The Balaban J connectivity index is 2.58. The molecule has 0 unspecified atom stereocenters. The second-order valence-electron chi connectivity index (χ2n) is 3.38. The molecule has 78 valence electrons. The van der Waals surface area contributed by atoms with Crippen LogP contribution in [0.1, 0.15) is 17.2 Å². The Morgan fingerprint density at radius 2 is 1.93 bits per heavy atom. The monoisotopic (exact) mass is 222 g/mol. The molecule has 2 aromatic heterocycles. The summed E-state index contributed by atoms with van der Waals surface area (Å²) in [4.78, 5) is 12.5. The normalized spacial score (nSPS) is 10.7. The van der Waals surface area contributed by atoms with E-state index in [1.54, 1.807) is 12.4 Å². The van der Waals surface area contributed by atoms with Crippen LogP contribution in [0.3, 0.4) is 0 Å². The van der Waals surface area contributed by atoms with E-state index in [1.807, 2.05) is 25.3 Å². The van der Waals surface area contributed by atoms with Crippen molar-refractivity contribution in [3.63, 3.8) is 0 Å². The predicted octanol–water partition coefficient (Wildman–Crippen LogP) is 2.24. The molecular weight excluding hydrogens is 212 g/mol. The van der Waals surface area contributed by atoms with E-state index in [9.17, 15) is 0 Å². The average Bonchev–Trinajstić information content (AvgIpc) is 2.46. The fraction of sp³-hybridized carbons (Fsp3) is 0.300. The van der Waals surface area contributed by atoms with Gasteiger partial charge < -0.3 is 0 Å². The van der Waals surface area contributed by atoms with Gasteiger partial charge in [-0.2, -0.15) is 0 Å². The molecule has 4 nitrogen and oxygen atoms in total. The van der Waals surface area contributed by atoms with Gasteiger partial charge in [-0.1, -0.05) is 11.6 Å². The molecule has 0 N–H and O–H groups in total. The lowest BCUT2D eigenvalue weighted by Gasteiger charge is -2.05. The number of nitrogens with zero attached hydrogens (tertiary/aromatic N) is 4. The first-order chi connectivity index (χ1) is 7.08. The summed E-state index contributed by atoms with van der Waals surface area (Å²) in [5.41, 5.74) is 2.05. The van der Waals surface area contributed by atoms with Crippen LogP contribution in [0.25, 0.3) is 5.82 Å². The van der Waals surface area contributed by atoms with Crippen molar-refractivity contribution in [1.29, 1.82) is 0 Å². The number of hydrogen-bond acceptors (Lipinski definition) is 3. The average molecular weight is 223 g/mol. The Bertz CT molecular complexity index is 484. The maximum absolute atomic E-state index is 5.87. The molecule has 0 amide bonds. The molecule has 15 heavy (non-hydrogen) atoms. The topological polar surface area (TPSA) is 43.6 Å². The van der Waals surface area contributed by atoms with Gasteiger partial charge in [0.05, 0.1) is 5.69 Å². The van der Waals surface area contributed by atoms with Crippen molar-refractivity contribution >= 4 is 11.6 Å². The molecular formula is C10H11ClN4. The minimum atomic E-state index is 0.447. The van der Waals surface area contributed by atoms with Crippen LogP contribution >= 0.6 is 11.6 Å². The molecule has 0 spiro atoms. The highest BCUT2D eigenvalue weighted by Crippen LogP contribution is 2.14. The third-order valence-electron chi connectivity index (χ3n) is 2.29. The molecule has 0 atom stereocenters. The third kappa shape index (κ3) is 1.85. The van der Waals surface area contributed by atoms with Crippen LogP contribution in [0.2, 0.25) is 5.15 Å². The molecule has 0 bridgehead atoms. The van der Waals surface area contributed by atoms with E-state index in [2.05, 4.69) is 15.0 Å². The first-order valence-electron chi connectivity index (χ1n) is 4.60. The van der Waals surface area contributed by atoms with Crippen LogP contribution in [-0.2, 0) is 0 Å². The van der Waals surface area contributed by atoms with Crippen molar-refractivity contribution in [1.82, 2.24) is 19.5 Å². The zero-order valence-electron chi connectivity index (χ0n) is 8.82. The van der Waals surface area contributed by atoms with E-state index >= 15 is 0 Å². The number of aromatic nitrogens is 4. The summed E-state index contributed by atoms with van der Waals surface area (Å²) >= 11 is 5.87. The number of aryl methyl sites for hydroxylation is 2. The minimum absolute atomic E-state index is 0.447. The second kappa shape index (κ2) is 3.62. The lowest BCUT2D eigenvalue weighted by Crippen LogP contribution is -2.01. The van der Waals surface area contributed by atoms with Gasteiger partial charge in [-0.15, -0.1) is 0 Å². The molecule has 0 aliphatic rings. The van der Waals surface area contributed by atoms with Gasteiger partial charge in [0.2, 0.25) is 0 Å². The Labute approximate surface area is 93.0 Å². The quantitative estimate of drug-likeness (QED) is 0.695. The first kappa shape index (κ1) is 10.1. The van der Waals surface area contributed by atoms with E-state index in [1.165, 1.54) is 0 Å². The molecule has 0 fully saturated rings. The number of halogens is 1. The molecule has 0 saturated heterocycles. The minimum Gasteiger partial charge on any atom is -0.287 e. The van der Waals surface area contributed by atoms with Crippen LogP contribution in [0.4, 0.5) is 0 Å². The molecule has 2 aromatic rings. The van der Waals surface area contributed by atoms with Gasteiger partial charge in [0.1, 0.15) is 23.1 Å². The molecule has 0 aromatic carbocycles. The van der Waals surface area contributed by atoms with E-state index in [0.717, 1.165) is 17.2 Å². The van der Waals surface area contributed by atoms with Crippen LogP contribution in [0.5, 0.6) is 0 Å². The molecule has 0 aliphatic carbocycles. The Kier molecular flexibility index (Phi) is 2.44. The fourth-order valence-electron chi connectivity index (χ4n) is 1.37. The standard InChI is InChI=1S/C10H11ClN4/c1-6-7(2)15(5-12-6)10-4-9(11)13-8(3)14-10/h4-5H,1-3H3. The molecule has 0 aliphatic heterocycles. The summed E-state index contributed by atoms with van der Waals surface area (Å²) in [6.45, 7) is 5.77. The number of hydrogen-bond donors (Lipinski definition) is 0. The van der Waals surface area contributed by atoms with Gasteiger partial charge in [-0.05, 0) is 20.8 Å². The summed E-state index contributed by atoms with van der Waals surface area (Å²) in [6.07, 6.45) is 1.74. The lowest BCUT2D eigenvalue weighted by molar-refractivity contribution is 0.910. The largest absolute Gasteiger partial charge is 0.287 e.